The average Bonchev–Trinajstić information content (AvgIpc) is 2.52. The van der Waals surface area contributed by atoms with Gasteiger partial charge >= 0.3 is 0 Å². The maximum absolute atomic E-state index is 5.38. The first-order valence-corrected chi connectivity index (χ1v) is 7.80. The molecule has 0 aliphatic carbocycles. The van der Waals surface area contributed by atoms with E-state index in [4.69, 9.17) is 9.47 Å². The van der Waals surface area contributed by atoms with E-state index in [9.17, 15) is 0 Å². The Morgan fingerprint density at radius 3 is 2.62 bits per heavy atom. The molecule has 0 aliphatic heterocycles. The monoisotopic (exact) mass is 291 g/mol. The van der Waals surface area contributed by atoms with Gasteiger partial charge in [0.25, 0.3) is 0 Å². The Labute approximate surface area is 129 Å². The van der Waals surface area contributed by atoms with Crippen molar-refractivity contribution >= 4 is 0 Å². The molecule has 0 aromatic heterocycles. The van der Waals surface area contributed by atoms with Crippen LogP contribution in [-0.2, 0) is 6.42 Å². The van der Waals surface area contributed by atoms with Gasteiger partial charge < -0.3 is 14.8 Å². The molecule has 0 bridgehead atoms. The number of hydrogen-bond donors (Lipinski definition) is 1. The Kier molecular flexibility index (Phi) is 8.60. The van der Waals surface area contributed by atoms with E-state index in [0.717, 1.165) is 37.3 Å². The van der Waals surface area contributed by atoms with E-state index in [0.29, 0.717) is 6.04 Å². The topological polar surface area (TPSA) is 30.5 Å². The molecule has 0 radical (unpaired) electrons. The zero-order valence-corrected chi connectivity index (χ0v) is 13.7. The molecule has 21 heavy (non-hydrogen) atoms. The summed E-state index contributed by atoms with van der Waals surface area (Å²) >= 11 is 0. The fourth-order valence-corrected chi connectivity index (χ4v) is 2.43. The maximum atomic E-state index is 5.38. The lowest BCUT2D eigenvalue weighted by Gasteiger charge is -2.19. The Morgan fingerprint density at radius 2 is 2.00 bits per heavy atom. The highest BCUT2D eigenvalue weighted by Gasteiger charge is 2.11. The minimum absolute atomic E-state index is 0.503. The highest BCUT2D eigenvalue weighted by molar-refractivity contribution is 5.43. The summed E-state index contributed by atoms with van der Waals surface area (Å²) in [6.45, 7) is 7.05. The Hall–Kier alpha value is -1.48. The summed E-state index contributed by atoms with van der Waals surface area (Å²) in [4.78, 5) is 0. The van der Waals surface area contributed by atoms with E-state index in [1.807, 2.05) is 12.1 Å². The summed E-state index contributed by atoms with van der Waals surface area (Å²) in [5.74, 6) is 1.58. The van der Waals surface area contributed by atoms with Gasteiger partial charge in [-0.3, -0.25) is 0 Å². The van der Waals surface area contributed by atoms with Crippen molar-refractivity contribution in [2.75, 3.05) is 20.8 Å². The van der Waals surface area contributed by atoms with Gasteiger partial charge in [-0.2, -0.15) is 0 Å². The normalized spacial score (nSPS) is 12.0. The van der Waals surface area contributed by atoms with Gasteiger partial charge in [-0.15, -0.1) is 6.58 Å². The van der Waals surface area contributed by atoms with Crippen LogP contribution >= 0.6 is 0 Å². The molecule has 1 unspecified atom stereocenters. The zero-order valence-electron chi connectivity index (χ0n) is 13.7. The average molecular weight is 291 g/mol. The molecule has 1 atom stereocenters. The van der Waals surface area contributed by atoms with Crippen LogP contribution in [0.5, 0.6) is 11.5 Å². The second-order valence-electron chi connectivity index (χ2n) is 5.26. The lowest BCUT2D eigenvalue weighted by atomic mass is 10.00. The molecule has 0 saturated carbocycles. The summed E-state index contributed by atoms with van der Waals surface area (Å²) in [5, 5.41) is 3.64. The molecule has 3 heteroatoms. The molecule has 0 fully saturated rings. The van der Waals surface area contributed by atoms with Gasteiger partial charge in [0.05, 0.1) is 14.2 Å². The van der Waals surface area contributed by atoms with Crippen LogP contribution in [0, 0.1) is 0 Å². The van der Waals surface area contributed by atoms with E-state index >= 15 is 0 Å². The van der Waals surface area contributed by atoms with Gasteiger partial charge in [0.1, 0.15) is 0 Å². The number of unbranched alkanes of at least 4 members (excludes halogenated alkanes) is 1. The van der Waals surface area contributed by atoms with Crippen molar-refractivity contribution in [2.24, 2.45) is 0 Å². The van der Waals surface area contributed by atoms with E-state index < -0.39 is 0 Å². The third-order valence-electron chi connectivity index (χ3n) is 3.57. The van der Waals surface area contributed by atoms with E-state index in [-0.39, 0.29) is 0 Å². The summed E-state index contributed by atoms with van der Waals surface area (Å²) in [6.07, 6.45) is 7.59. The summed E-state index contributed by atoms with van der Waals surface area (Å²) < 4.78 is 10.7. The van der Waals surface area contributed by atoms with E-state index in [1.54, 1.807) is 14.2 Å². The number of ether oxygens (including phenoxy) is 2. The van der Waals surface area contributed by atoms with Gasteiger partial charge in [0.15, 0.2) is 11.5 Å². The van der Waals surface area contributed by atoms with Gasteiger partial charge in [-0.05, 0) is 56.3 Å². The SMILES string of the molecule is C=CCCCC(Cc1ccc(OC)c(OC)c1)NCCC. The predicted octanol–water partition coefficient (Wildman–Crippen LogP) is 3.97. The number of benzene rings is 1. The Morgan fingerprint density at radius 1 is 1.24 bits per heavy atom. The second kappa shape index (κ2) is 10.3. The molecule has 1 aromatic rings. The van der Waals surface area contributed by atoms with Crippen molar-refractivity contribution in [3.8, 4) is 11.5 Å². The third-order valence-corrected chi connectivity index (χ3v) is 3.57. The molecule has 0 amide bonds. The summed E-state index contributed by atoms with van der Waals surface area (Å²) in [5.41, 5.74) is 1.28. The summed E-state index contributed by atoms with van der Waals surface area (Å²) in [7, 11) is 3.34. The first-order chi connectivity index (χ1) is 10.2. The van der Waals surface area contributed by atoms with Crippen molar-refractivity contribution in [1.29, 1.82) is 0 Å². The van der Waals surface area contributed by atoms with Crippen LogP contribution in [0.4, 0.5) is 0 Å². The first-order valence-electron chi connectivity index (χ1n) is 7.80. The van der Waals surface area contributed by atoms with Crippen LogP contribution in [-0.4, -0.2) is 26.8 Å². The van der Waals surface area contributed by atoms with Crippen molar-refractivity contribution in [3.05, 3.63) is 36.4 Å². The van der Waals surface area contributed by atoms with Gasteiger partial charge in [-0.1, -0.05) is 19.1 Å². The molecule has 0 aliphatic rings. The molecular weight excluding hydrogens is 262 g/mol. The second-order valence-corrected chi connectivity index (χ2v) is 5.26. The molecule has 3 nitrogen and oxygen atoms in total. The van der Waals surface area contributed by atoms with Gasteiger partial charge in [-0.25, -0.2) is 0 Å². The van der Waals surface area contributed by atoms with Crippen molar-refractivity contribution in [1.82, 2.24) is 5.32 Å². The maximum Gasteiger partial charge on any atom is 0.160 e. The molecule has 0 saturated heterocycles. The lowest BCUT2D eigenvalue weighted by Crippen LogP contribution is -2.31. The van der Waals surface area contributed by atoms with Crippen molar-refractivity contribution < 1.29 is 9.47 Å². The highest BCUT2D eigenvalue weighted by atomic mass is 16.5. The smallest absolute Gasteiger partial charge is 0.160 e. The van der Waals surface area contributed by atoms with Crippen molar-refractivity contribution in [3.63, 3.8) is 0 Å². The minimum atomic E-state index is 0.503. The number of methoxy groups -OCH3 is 2. The van der Waals surface area contributed by atoms with Crippen LogP contribution in [0.1, 0.15) is 38.2 Å². The number of rotatable bonds is 11. The fraction of sp³-hybridized carbons (Fsp3) is 0.556. The van der Waals surface area contributed by atoms with Crippen LogP contribution in [0.25, 0.3) is 0 Å². The molecule has 118 valence electrons. The number of allylic oxidation sites excluding steroid dienone is 1. The molecular formula is C18H29NO2. The lowest BCUT2D eigenvalue weighted by molar-refractivity contribution is 0.354. The minimum Gasteiger partial charge on any atom is -0.493 e. The van der Waals surface area contributed by atoms with Crippen molar-refractivity contribution in [2.45, 2.75) is 45.1 Å². The summed E-state index contributed by atoms with van der Waals surface area (Å²) in [6, 6.07) is 6.68. The quantitative estimate of drug-likeness (QED) is 0.494. The Bertz CT molecular complexity index is 418. The van der Waals surface area contributed by atoms with Gasteiger partial charge in [0, 0.05) is 6.04 Å². The number of nitrogens with one attached hydrogen (secondary N) is 1. The van der Waals surface area contributed by atoms with E-state index in [1.165, 1.54) is 18.4 Å². The number of hydrogen-bond acceptors (Lipinski definition) is 3. The molecule has 0 heterocycles. The highest BCUT2D eigenvalue weighted by Crippen LogP contribution is 2.28. The van der Waals surface area contributed by atoms with E-state index in [2.05, 4.69) is 31.0 Å². The van der Waals surface area contributed by atoms with Gasteiger partial charge in [0.2, 0.25) is 0 Å². The van der Waals surface area contributed by atoms with Crippen LogP contribution in [0.2, 0.25) is 0 Å². The first kappa shape index (κ1) is 17.6. The molecule has 1 aromatic carbocycles. The zero-order chi connectivity index (χ0) is 15.5. The predicted molar refractivity (Wildman–Crippen MR) is 89.4 cm³/mol. The van der Waals surface area contributed by atoms with Crippen LogP contribution < -0.4 is 14.8 Å². The molecule has 1 N–H and O–H groups in total. The van der Waals surface area contributed by atoms with Crippen LogP contribution in [0.3, 0.4) is 0 Å². The van der Waals surface area contributed by atoms with Crippen LogP contribution in [0.15, 0.2) is 30.9 Å². The molecule has 1 rings (SSSR count). The molecule has 0 spiro atoms. The third kappa shape index (κ3) is 6.21. The standard InChI is InChI=1S/C18H29NO2/c1-5-7-8-9-16(19-12-6-2)13-15-10-11-17(20-3)18(14-15)21-4/h5,10-11,14,16,19H,1,6-9,12-13H2,2-4H3. The Balaban J connectivity index is 2.69. The largest absolute Gasteiger partial charge is 0.493 e. The fourth-order valence-electron chi connectivity index (χ4n) is 2.43.